The van der Waals surface area contributed by atoms with Crippen molar-refractivity contribution in [2.24, 2.45) is 5.41 Å². The number of nitrogens with one attached hydrogen (secondary N) is 2. The molecule has 2 heterocycles. The van der Waals surface area contributed by atoms with Gasteiger partial charge in [0.25, 0.3) is 0 Å². The van der Waals surface area contributed by atoms with E-state index in [0.29, 0.717) is 13.1 Å². The normalized spacial score (nSPS) is 26.9. The number of hydrogen-bond donors (Lipinski definition) is 2. The number of rotatable bonds is 3. The molecule has 0 bridgehead atoms. The van der Waals surface area contributed by atoms with Crippen molar-refractivity contribution in [3.05, 3.63) is 0 Å². The smallest absolute Gasteiger partial charge is 0.242 e. The lowest BCUT2D eigenvalue weighted by molar-refractivity contribution is -0.152. The molecule has 2 fully saturated rings. The number of carbonyl (C=O) groups is 2. The minimum Gasteiger partial charge on any atom is -0.353 e. The van der Waals surface area contributed by atoms with Crippen LogP contribution in [0.25, 0.3) is 0 Å². The summed E-state index contributed by atoms with van der Waals surface area (Å²) < 4.78 is 0. The summed E-state index contributed by atoms with van der Waals surface area (Å²) in [6.45, 7) is 6.98. The van der Waals surface area contributed by atoms with Crippen molar-refractivity contribution in [2.45, 2.75) is 45.6 Å². The summed E-state index contributed by atoms with van der Waals surface area (Å²) in [7, 11) is 0. The van der Waals surface area contributed by atoms with E-state index in [9.17, 15) is 9.59 Å². The Balaban J connectivity index is 2.16. The van der Waals surface area contributed by atoms with E-state index in [-0.39, 0.29) is 23.3 Å². The fourth-order valence-electron chi connectivity index (χ4n) is 3.32. The number of piperidine rings is 1. The summed E-state index contributed by atoms with van der Waals surface area (Å²) in [5, 5.41) is 6.14. The van der Waals surface area contributed by atoms with Gasteiger partial charge in [-0.15, -0.1) is 0 Å². The molecule has 5 heteroatoms. The Morgan fingerprint density at radius 2 is 2.05 bits per heavy atom. The molecule has 5 nitrogen and oxygen atoms in total. The third-order valence-corrected chi connectivity index (χ3v) is 4.50. The van der Waals surface area contributed by atoms with Crippen molar-refractivity contribution in [3.63, 3.8) is 0 Å². The lowest BCUT2D eigenvalue weighted by Gasteiger charge is -2.43. The van der Waals surface area contributed by atoms with Crippen LogP contribution in [0, 0.1) is 5.41 Å². The SMILES string of the molecule is CCCC1(C(=O)N2CCNC(=O)C2C)CCNCC1. The standard InChI is InChI=1S/C14H25N3O2/c1-3-4-14(5-7-15-8-6-14)13(19)17-10-9-16-12(18)11(17)2/h11,15H,3-10H2,1-2H3,(H,16,18). The van der Waals surface area contributed by atoms with Gasteiger partial charge in [0.2, 0.25) is 11.8 Å². The summed E-state index contributed by atoms with van der Waals surface area (Å²) in [4.78, 5) is 26.5. The molecule has 0 aromatic carbocycles. The molecule has 2 rings (SSSR count). The van der Waals surface area contributed by atoms with Gasteiger partial charge in [0, 0.05) is 13.1 Å². The summed E-state index contributed by atoms with van der Waals surface area (Å²) in [6.07, 6.45) is 3.73. The maximum absolute atomic E-state index is 12.9. The first kappa shape index (κ1) is 14.3. The molecule has 0 aromatic rings. The Bertz CT molecular complexity index is 345. The Labute approximate surface area is 115 Å². The summed E-state index contributed by atoms with van der Waals surface area (Å²) in [5.74, 6) is 0.165. The van der Waals surface area contributed by atoms with Gasteiger partial charge in [0.15, 0.2) is 0 Å². The van der Waals surface area contributed by atoms with Crippen LogP contribution in [0.3, 0.4) is 0 Å². The van der Waals surface area contributed by atoms with Crippen LogP contribution in [-0.4, -0.2) is 48.9 Å². The van der Waals surface area contributed by atoms with Crippen LogP contribution in [0.2, 0.25) is 0 Å². The molecule has 0 aromatic heterocycles. The molecule has 0 aliphatic carbocycles. The van der Waals surface area contributed by atoms with Gasteiger partial charge in [-0.2, -0.15) is 0 Å². The predicted octanol–water partition coefficient (Wildman–Crippen LogP) is 0.503. The largest absolute Gasteiger partial charge is 0.353 e. The zero-order chi connectivity index (χ0) is 13.9. The third kappa shape index (κ3) is 2.76. The topological polar surface area (TPSA) is 61.4 Å². The van der Waals surface area contributed by atoms with Crippen molar-refractivity contribution >= 4 is 11.8 Å². The number of amides is 2. The van der Waals surface area contributed by atoms with E-state index in [1.807, 2.05) is 6.92 Å². The van der Waals surface area contributed by atoms with Gasteiger partial charge in [-0.25, -0.2) is 0 Å². The van der Waals surface area contributed by atoms with Gasteiger partial charge in [-0.3, -0.25) is 9.59 Å². The van der Waals surface area contributed by atoms with Gasteiger partial charge in [-0.05, 0) is 39.3 Å². The highest BCUT2D eigenvalue weighted by Crippen LogP contribution is 2.36. The van der Waals surface area contributed by atoms with Crippen LogP contribution in [0.5, 0.6) is 0 Å². The third-order valence-electron chi connectivity index (χ3n) is 4.50. The molecule has 0 radical (unpaired) electrons. The van der Waals surface area contributed by atoms with Crippen LogP contribution < -0.4 is 10.6 Å². The molecular formula is C14H25N3O2. The first-order chi connectivity index (χ1) is 9.10. The first-order valence-electron chi connectivity index (χ1n) is 7.40. The molecule has 2 aliphatic heterocycles. The van der Waals surface area contributed by atoms with Crippen LogP contribution in [0.4, 0.5) is 0 Å². The van der Waals surface area contributed by atoms with Gasteiger partial charge >= 0.3 is 0 Å². The highest BCUT2D eigenvalue weighted by molar-refractivity contribution is 5.91. The van der Waals surface area contributed by atoms with Crippen molar-refractivity contribution < 1.29 is 9.59 Å². The van der Waals surface area contributed by atoms with Crippen molar-refractivity contribution in [1.29, 1.82) is 0 Å². The summed E-state index contributed by atoms with van der Waals surface area (Å²) >= 11 is 0. The zero-order valence-corrected chi connectivity index (χ0v) is 12.0. The average Bonchev–Trinajstić information content (AvgIpc) is 2.42. The van der Waals surface area contributed by atoms with Crippen molar-refractivity contribution in [3.8, 4) is 0 Å². The van der Waals surface area contributed by atoms with E-state index in [2.05, 4.69) is 17.6 Å². The molecule has 2 amide bonds. The first-order valence-corrected chi connectivity index (χ1v) is 7.40. The van der Waals surface area contributed by atoms with E-state index in [1.165, 1.54) is 0 Å². The van der Waals surface area contributed by atoms with E-state index in [0.717, 1.165) is 38.8 Å². The maximum atomic E-state index is 12.9. The van der Waals surface area contributed by atoms with Crippen LogP contribution in [-0.2, 0) is 9.59 Å². The molecule has 19 heavy (non-hydrogen) atoms. The fraction of sp³-hybridized carbons (Fsp3) is 0.857. The van der Waals surface area contributed by atoms with Gasteiger partial charge in [-0.1, -0.05) is 13.3 Å². The Morgan fingerprint density at radius 3 is 2.68 bits per heavy atom. The number of carbonyl (C=O) groups excluding carboxylic acids is 2. The summed E-state index contributed by atoms with van der Waals surface area (Å²) in [6, 6.07) is -0.329. The minimum atomic E-state index is -0.329. The number of hydrogen-bond acceptors (Lipinski definition) is 3. The summed E-state index contributed by atoms with van der Waals surface area (Å²) in [5.41, 5.74) is -0.244. The maximum Gasteiger partial charge on any atom is 0.242 e. The molecule has 1 atom stereocenters. The molecule has 2 N–H and O–H groups in total. The second kappa shape index (κ2) is 5.90. The van der Waals surface area contributed by atoms with Crippen LogP contribution in [0.1, 0.15) is 39.5 Å². The molecular weight excluding hydrogens is 242 g/mol. The number of piperazine rings is 1. The minimum absolute atomic E-state index is 0.0276. The van der Waals surface area contributed by atoms with Gasteiger partial charge in [0.05, 0.1) is 5.41 Å². The molecule has 2 saturated heterocycles. The highest BCUT2D eigenvalue weighted by Gasteiger charge is 2.44. The lowest BCUT2D eigenvalue weighted by atomic mass is 9.74. The second-order valence-corrected chi connectivity index (χ2v) is 5.75. The Morgan fingerprint density at radius 1 is 1.37 bits per heavy atom. The van der Waals surface area contributed by atoms with Crippen molar-refractivity contribution in [2.75, 3.05) is 26.2 Å². The number of nitrogens with zero attached hydrogens (tertiary/aromatic N) is 1. The van der Waals surface area contributed by atoms with E-state index in [1.54, 1.807) is 4.90 Å². The van der Waals surface area contributed by atoms with Gasteiger partial charge < -0.3 is 15.5 Å². The Hall–Kier alpha value is -1.10. The van der Waals surface area contributed by atoms with E-state index in [4.69, 9.17) is 0 Å². The second-order valence-electron chi connectivity index (χ2n) is 5.75. The quantitative estimate of drug-likeness (QED) is 0.783. The van der Waals surface area contributed by atoms with E-state index < -0.39 is 0 Å². The molecule has 1 unspecified atom stereocenters. The zero-order valence-electron chi connectivity index (χ0n) is 12.0. The molecule has 0 saturated carbocycles. The highest BCUT2D eigenvalue weighted by atomic mass is 16.2. The monoisotopic (exact) mass is 267 g/mol. The molecule has 108 valence electrons. The van der Waals surface area contributed by atoms with Crippen LogP contribution in [0.15, 0.2) is 0 Å². The lowest BCUT2D eigenvalue weighted by Crippen LogP contribution is -2.60. The van der Waals surface area contributed by atoms with Crippen LogP contribution >= 0.6 is 0 Å². The molecule has 0 spiro atoms. The molecule has 2 aliphatic rings. The van der Waals surface area contributed by atoms with Gasteiger partial charge in [0.1, 0.15) is 6.04 Å². The van der Waals surface area contributed by atoms with E-state index >= 15 is 0 Å². The van der Waals surface area contributed by atoms with Crippen molar-refractivity contribution in [1.82, 2.24) is 15.5 Å². The predicted molar refractivity (Wildman–Crippen MR) is 73.6 cm³/mol. The fourth-order valence-corrected chi connectivity index (χ4v) is 3.32. The average molecular weight is 267 g/mol. The Kier molecular flexibility index (Phi) is 4.45.